The van der Waals surface area contributed by atoms with E-state index in [2.05, 4.69) is 4.18 Å². The van der Waals surface area contributed by atoms with Gasteiger partial charge in [-0.1, -0.05) is 13.8 Å². The largest absolute Gasteiger partial charge is 0.330 e. The van der Waals surface area contributed by atoms with E-state index in [1.165, 1.54) is 0 Å². The van der Waals surface area contributed by atoms with Crippen LogP contribution in [0.3, 0.4) is 0 Å². The van der Waals surface area contributed by atoms with Crippen LogP contribution in [-0.4, -0.2) is 42.7 Å². The van der Waals surface area contributed by atoms with Crippen LogP contribution in [-0.2, 0) is 29.8 Å². The smallest absolute Gasteiger partial charge is 0.301 e. The van der Waals surface area contributed by atoms with Gasteiger partial charge in [0, 0.05) is 0 Å². The molecule has 0 bridgehead atoms. The van der Waals surface area contributed by atoms with Crippen LogP contribution < -0.4 is 5.73 Å². The Morgan fingerprint density at radius 1 is 1.32 bits per heavy atom. The van der Waals surface area contributed by atoms with E-state index < -0.39 is 21.5 Å². The summed E-state index contributed by atoms with van der Waals surface area (Å²) in [6, 6.07) is 0. The fourth-order valence-corrected chi connectivity index (χ4v) is 2.72. The first-order chi connectivity index (χ1) is 8.68. The lowest BCUT2D eigenvalue weighted by Gasteiger charge is -2.22. The predicted molar refractivity (Wildman–Crippen MR) is 73.1 cm³/mol. The van der Waals surface area contributed by atoms with E-state index in [-0.39, 0.29) is 24.4 Å². The zero-order chi connectivity index (χ0) is 14.9. The van der Waals surface area contributed by atoms with Gasteiger partial charge < -0.3 is 5.73 Å². The van der Waals surface area contributed by atoms with Crippen molar-refractivity contribution >= 4 is 21.5 Å². The third-order valence-electron chi connectivity index (χ3n) is 2.42. The zero-order valence-corrected chi connectivity index (χ0v) is 13.0. The average molecular weight is 317 g/mol. The predicted octanol–water partition coefficient (Wildman–Crippen LogP) is 0.641. The van der Waals surface area contributed by atoms with E-state index in [4.69, 9.17) is 14.5 Å². The first kappa shape index (κ1) is 18.9. The van der Waals surface area contributed by atoms with E-state index in [9.17, 15) is 12.6 Å². The molecule has 19 heavy (non-hydrogen) atoms. The van der Waals surface area contributed by atoms with Gasteiger partial charge in [0.05, 0.1) is 19.0 Å². The average Bonchev–Trinajstić information content (AvgIpc) is 2.26. The maximum absolute atomic E-state index is 11.6. The highest BCUT2D eigenvalue weighted by molar-refractivity contribution is 7.86. The Labute approximate surface area is 117 Å². The molecule has 1 unspecified atom stereocenters. The molecule has 0 radical (unpaired) electrons. The van der Waals surface area contributed by atoms with Gasteiger partial charge in [0.15, 0.2) is 0 Å². The van der Waals surface area contributed by atoms with Crippen LogP contribution in [0.4, 0.5) is 0 Å². The summed E-state index contributed by atoms with van der Waals surface area (Å²) in [6.07, 6.45) is 1.37. The van der Waals surface area contributed by atoms with Gasteiger partial charge in [-0.15, -0.1) is 0 Å². The molecule has 0 heterocycles. The van der Waals surface area contributed by atoms with Crippen molar-refractivity contribution in [3.63, 3.8) is 0 Å². The Bertz CT molecular complexity index is 368. The summed E-state index contributed by atoms with van der Waals surface area (Å²) in [7, 11) is -3.57. The topological polar surface area (TPSA) is 116 Å². The SMILES string of the molecule is CC(C)(CCN)COS(=O)(=O)CCCCOS(=O)O. The number of unbranched alkanes of at least 4 members (excludes halogenated alkanes) is 1. The molecule has 1 atom stereocenters. The van der Waals surface area contributed by atoms with Crippen LogP contribution in [0.25, 0.3) is 0 Å². The Balaban J connectivity index is 3.90. The minimum Gasteiger partial charge on any atom is -0.330 e. The van der Waals surface area contributed by atoms with E-state index >= 15 is 0 Å². The molecule has 0 amide bonds. The van der Waals surface area contributed by atoms with Crippen LogP contribution in [0.15, 0.2) is 0 Å². The highest BCUT2D eigenvalue weighted by atomic mass is 32.2. The Morgan fingerprint density at radius 3 is 2.47 bits per heavy atom. The molecule has 0 aromatic rings. The van der Waals surface area contributed by atoms with E-state index in [1.54, 1.807) is 0 Å². The molecule has 0 aliphatic heterocycles. The van der Waals surface area contributed by atoms with Crippen molar-refractivity contribution in [1.82, 2.24) is 0 Å². The molecule has 0 fully saturated rings. The molecule has 0 spiro atoms. The third-order valence-corrected chi connectivity index (χ3v) is 4.06. The summed E-state index contributed by atoms with van der Waals surface area (Å²) >= 11 is -2.30. The molecule has 3 N–H and O–H groups in total. The zero-order valence-electron chi connectivity index (χ0n) is 11.3. The quantitative estimate of drug-likeness (QED) is 0.326. The maximum Gasteiger partial charge on any atom is 0.301 e. The summed E-state index contributed by atoms with van der Waals surface area (Å²) in [6.45, 7) is 4.40. The Hall–Kier alpha value is -0.0600. The van der Waals surface area contributed by atoms with Crippen molar-refractivity contribution in [1.29, 1.82) is 0 Å². The molecule has 116 valence electrons. The molecule has 0 aliphatic carbocycles. The van der Waals surface area contributed by atoms with Crippen molar-refractivity contribution < 1.29 is 25.5 Å². The van der Waals surface area contributed by atoms with Gasteiger partial charge in [-0.3, -0.25) is 12.9 Å². The van der Waals surface area contributed by atoms with E-state index in [0.29, 0.717) is 25.8 Å². The molecule has 0 rings (SSSR count). The first-order valence-corrected chi connectivity index (χ1v) is 8.61. The third kappa shape index (κ3) is 11.5. The van der Waals surface area contributed by atoms with Crippen molar-refractivity contribution in [3.8, 4) is 0 Å². The summed E-state index contributed by atoms with van der Waals surface area (Å²) in [5.74, 6) is -0.132. The number of hydrogen-bond acceptors (Lipinski definition) is 6. The molecular formula is C10H23NO6S2. The first-order valence-electron chi connectivity index (χ1n) is 6.00. The lowest BCUT2D eigenvalue weighted by Crippen LogP contribution is -2.26. The molecule has 7 nitrogen and oxygen atoms in total. The van der Waals surface area contributed by atoms with Gasteiger partial charge in [0.25, 0.3) is 10.1 Å². The van der Waals surface area contributed by atoms with Crippen LogP contribution in [0, 0.1) is 5.41 Å². The normalized spacial score (nSPS) is 14.5. The van der Waals surface area contributed by atoms with Crippen molar-refractivity contribution in [2.24, 2.45) is 11.1 Å². The fraction of sp³-hybridized carbons (Fsp3) is 1.00. The second-order valence-corrected chi connectivity index (χ2v) is 7.40. The lowest BCUT2D eigenvalue weighted by molar-refractivity contribution is 0.177. The van der Waals surface area contributed by atoms with Crippen LogP contribution in [0.5, 0.6) is 0 Å². The minimum absolute atomic E-state index is 0.0390. The minimum atomic E-state index is -3.57. The summed E-state index contributed by atoms with van der Waals surface area (Å²) in [5, 5.41) is 0. The number of rotatable bonds is 11. The highest BCUT2D eigenvalue weighted by Crippen LogP contribution is 2.20. The molecule has 0 saturated heterocycles. The van der Waals surface area contributed by atoms with Gasteiger partial charge in [0.2, 0.25) is 0 Å². The van der Waals surface area contributed by atoms with Crippen LogP contribution in [0.1, 0.15) is 33.1 Å². The van der Waals surface area contributed by atoms with Gasteiger partial charge in [-0.25, -0.2) is 0 Å². The Kier molecular flexibility index (Phi) is 8.95. The lowest BCUT2D eigenvalue weighted by atomic mass is 9.91. The van der Waals surface area contributed by atoms with Crippen molar-refractivity contribution in [2.45, 2.75) is 33.1 Å². The van der Waals surface area contributed by atoms with E-state index in [0.717, 1.165) is 0 Å². The van der Waals surface area contributed by atoms with Gasteiger partial charge in [-0.2, -0.15) is 12.6 Å². The van der Waals surface area contributed by atoms with Crippen molar-refractivity contribution in [2.75, 3.05) is 25.5 Å². The van der Waals surface area contributed by atoms with Crippen molar-refractivity contribution in [3.05, 3.63) is 0 Å². The standard InChI is InChI=1S/C10H23NO6S2/c1-10(2,5-6-11)9-17-19(14,15)8-4-3-7-16-18(12)13/h3-9,11H2,1-2H3,(H,12,13). The summed E-state index contributed by atoms with van der Waals surface area (Å²) in [5.41, 5.74) is 5.15. The van der Waals surface area contributed by atoms with Gasteiger partial charge in [-0.05, 0) is 31.2 Å². The maximum atomic E-state index is 11.6. The molecular weight excluding hydrogens is 294 g/mol. The summed E-state index contributed by atoms with van der Waals surface area (Å²) < 4.78 is 51.0. The molecule has 0 aliphatic rings. The second-order valence-electron chi connectivity index (χ2n) is 4.97. The van der Waals surface area contributed by atoms with Gasteiger partial charge >= 0.3 is 11.4 Å². The molecule has 0 saturated carbocycles. The van der Waals surface area contributed by atoms with Gasteiger partial charge in [0.1, 0.15) is 0 Å². The van der Waals surface area contributed by atoms with Crippen LogP contribution in [0.2, 0.25) is 0 Å². The molecule has 0 aromatic heterocycles. The second kappa shape index (κ2) is 8.98. The Morgan fingerprint density at radius 2 is 1.95 bits per heavy atom. The monoisotopic (exact) mass is 317 g/mol. The van der Waals surface area contributed by atoms with E-state index in [1.807, 2.05) is 13.8 Å². The molecule has 9 heteroatoms. The molecule has 0 aromatic carbocycles. The van der Waals surface area contributed by atoms with Crippen LogP contribution >= 0.6 is 0 Å². The highest BCUT2D eigenvalue weighted by Gasteiger charge is 2.21. The fourth-order valence-electron chi connectivity index (χ4n) is 1.28. The number of nitrogens with two attached hydrogens (primary N) is 1. The summed E-state index contributed by atoms with van der Waals surface area (Å²) in [4.78, 5) is 0. The number of hydrogen-bond donors (Lipinski definition) is 2.